The van der Waals surface area contributed by atoms with E-state index in [0.717, 1.165) is 167 Å². The van der Waals surface area contributed by atoms with Crippen molar-refractivity contribution in [2.24, 2.45) is 5.92 Å². The molecule has 0 aliphatic carbocycles. The van der Waals surface area contributed by atoms with Gasteiger partial charge in [0.25, 0.3) is 0 Å². The van der Waals surface area contributed by atoms with Crippen LogP contribution >= 0.6 is 34.3 Å². The van der Waals surface area contributed by atoms with Crippen molar-refractivity contribution in [3.63, 3.8) is 0 Å². The van der Waals surface area contributed by atoms with E-state index in [1.165, 1.54) is 51.0 Å². The molecule has 24 nitrogen and oxygen atoms in total. The molecule has 16 aromatic rings. The molecule has 0 amide bonds. The average molecular weight is 1670 g/mol. The van der Waals surface area contributed by atoms with Crippen LogP contribution < -0.4 is 9.47 Å². The molecule has 622 valence electrons. The Morgan fingerprint density at radius 2 is 1.07 bits per heavy atom. The van der Waals surface area contributed by atoms with Gasteiger partial charge in [-0.15, -0.1) is 22.7 Å². The van der Waals surface area contributed by atoms with Crippen molar-refractivity contribution in [1.29, 1.82) is 0 Å². The summed E-state index contributed by atoms with van der Waals surface area (Å²) in [5.74, 6) is 7.97. The number of rotatable bonds is 6. The van der Waals surface area contributed by atoms with Gasteiger partial charge < -0.3 is 52.1 Å². The summed E-state index contributed by atoms with van der Waals surface area (Å²) in [4.78, 5) is 52.3. The number of imidazole rings is 3. The number of unbranched alkanes of at least 4 members (excludes halogenated alkanes) is 1. The van der Waals surface area contributed by atoms with Crippen LogP contribution in [0, 0.1) is 103 Å². The first kappa shape index (κ1) is 91.8. The minimum Gasteiger partial charge on any atom is -0.497 e. The zero-order chi connectivity index (χ0) is 85.3. The summed E-state index contributed by atoms with van der Waals surface area (Å²) in [5, 5.41) is 19.1. The second-order valence-electron chi connectivity index (χ2n) is 29.6. The lowest BCUT2D eigenvalue weighted by Crippen LogP contribution is -2.36. The highest BCUT2D eigenvalue weighted by Gasteiger charge is 2.24. The summed E-state index contributed by atoms with van der Waals surface area (Å²) in [7, 11) is 0.737. The lowest BCUT2D eigenvalue weighted by atomic mass is 9.93. The van der Waals surface area contributed by atoms with E-state index in [1.54, 1.807) is 67.2 Å². The predicted octanol–water partition coefficient (Wildman–Crippen LogP) is 21.8. The van der Waals surface area contributed by atoms with Gasteiger partial charge in [-0.3, -0.25) is 4.90 Å². The van der Waals surface area contributed by atoms with Crippen LogP contribution in [0.2, 0.25) is 5.02 Å². The van der Waals surface area contributed by atoms with E-state index in [0.29, 0.717) is 28.3 Å². The minimum atomic E-state index is -2.60. The summed E-state index contributed by atoms with van der Waals surface area (Å²) in [6.45, 7) is 43.5. The fourth-order valence-corrected chi connectivity index (χ4v) is 15.7. The van der Waals surface area contributed by atoms with Gasteiger partial charge in [0.2, 0.25) is 0 Å². The number of aryl methyl sites for hydroxylation is 14. The number of hydrogen-bond acceptors (Lipinski definition) is 22. The molecule has 9 aromatic heterocycles. The number of oxazole rings is 2. The molecule has 0 radical (unpaired) electrons. The van der Waals surface area contributed by atoms with Gasteiger partial charge in [0.15, 0.2) is 32.8 Å². The van der Waals surface area contributed by atoms with E-state index in [4.69, 9.17) is 48.8 Å². The van der Waals surface area contributed by atoms with E-state index in [2.05, 4.69) is 144 Å². The van der Waals surface area contributed by atoms with E-state index in [9.17, 15) is 13.2 Å². The van der Waals surface area contributed by atoms with Gasteiger partial charge in [0.05, 0.1) is 119 Å². The van der Waals surface area contributed by atoms with Crippen molar-refractivity contribution in [1.82, 2.24) is 65.1 Å². The molecule has 1 atom stereocenters. The molecular weight excluding hydrogens is 1560 g/mol. The number of fused-ring (bicyclic) bond motifs is 7. The first-order chi connectivity index (χ1) is 55.5. The maximum Gasteiger partial charge on any atom is 0.335 e. The van der Waals surface area contributed by atoms with Gasteiger partial charge >= 0.3 is 5.97 Å². The number of H-pyrrole nitrogens is 3. The van der Waals surface area contributed by atoms with Gasteiger partial charge in [0, 0.05) is 55.6 Å². The molecule has 2 aliphatic heterocycles. The fraction of sp³-hybridized carbons (Fsp3) is 0.371. The predicted molar refractivity (Wildman–Crippen MR) is 473 cm³/mol. The molecule has 0 saturated carbocycles. The summed E-state index contributed by atoms with van der Waals surface area (Å²) in [6.07, 6.45) is 3.50. The Hall–Kier alpha value is -10.7. The highest BCUT2D eigenvalue weighted by Crippen LogP contribution is 2.28. The van der Waals surface area contributed by atoms with Gasteiger partial charge in [-0.05, 0) is 234 Å². The molecule has 11 heterocycles. The zero-order valence-electron chi connectivity index (χ0n) is 71.0. The summed E-state index contributed by atoms with van der Waals surface area (Å²) in [6, 6.07) is 42.4. The first-order valence-electron chi connectivity index (χ1n) is 38.6. The summed E-state index contributed by atoms with van der Waals surface area (Å²) < 4.78 is 59.6. The first-order valence-corrected chi connectivity index (χ1v) is 42.4. The van der Waals surface area contributed by atoms with Crippen molar-refractivity contribution in [3.05, 3.63) is 228 Å². The highest BCUT2D eigenvalue weighted by atomic mass is 35.5. The van der Waals surface area contributed by atoms with Crippen LogP contribution in [-0.2, 0) is 20.0 Å². The maximum atomic E-state index is 10.6. The Balaban J connectivity index is 0.000000161. The molecule has 28 heteroatoms. The topological polar surface area (TPSA) is 318 Å². The van der Waals surface area contributed by atoms with Crippen molar-refractivity contribution >= 4 is 126 Å². The van der Waals surface area contributed by atoms with Crippen LogP contribution in [0.25, 0.3) is 75.7 Å². The van der Waals surface area contributed by atoms with E-state index in [1.807, 2.05) is 156 Å². The SMILES string of the molecule is CC1CCS(=O)(=O)C1.CCCCN1CCOCC1.COc1ccc2nc(C)[nH]c2c1.COc1ccc2nc(C)sc2c1.Cc1cc(C(C)(C)C)on1.Cc1cc(C)on1.Cc1ccc2nc(C)oc2c1.Cc1ccc2nc(C)sc2c1.Cc1nc2cc(C)c(C)cc2[nH]1.Cc1nc2cc(Cl)ccc2o1.Cc1nc2ccc(C(=O)O)cc2[nH]1. The number of sulfone groups is 1. The normalized spacial score (nSPS) is 13.3. The number of halogens is 1. The molecule has 4 N–H and O–H groups in total. The number of hydrogen-bond donors (Lipinski definition) is 4. The number of thiazole rings is 2. The number of nitrogens with one attached hydrogen (secondary N) is 3. The Morgan fingerprint density at radius 3 is 1.58 bits per heavy atom. The van der Waals surface area contributed by atoms with Crippen LogP contribution in [0.5, 0.6) is 11.5 Å². The van der Waals surface area contributed by atoms with Gasteiger partial charge in [-0.2, -0.15) is 0 Å². The molecule has 2 saturated heterocycles. The van der Waals surface area contributed by atoms with Crippen molar-refractivity contribution in [2.75, 3.05) is 58.6 Å². The van der Waals surface area contributed by atoms with Crippen LogP contribution in [0.4, 0.5) is 0 Å². The number of methoxy groups -OCH3 is 2. The van der Waals surface area contributed by atoms with E-state index in [-0.39, 0.29) is 11.0 Å². The van der Waals surface area contributed by atoms with Crippen molar-refractivity contribution < 1.29 is 50.4 Å². The monoisotopic (exact) mass is 1670 g/mol. The minimum absolute atomic E-state index is 0.0846. The lowest BCUT2D eigenvalue weighted by Gasteiger charge is -2.26. The van der Waals surface area contributed by atoms with Crippen LogP contribution in [-0.4, -0.2) is 143 Å². The van der Waals surface area contributed by atoms with E-state index < -0.39 is 15.8 Å². The van der Waals surface area contributed by atoms with Crippen molar-refractivity contribution in [2.45, 2.75) is 156 Å². The molecular formula is C89H110ClN13O11S3. The number of aromatic amines is 3. The number of aromatic nitrogens is 12. The molecule has 7 aromatic carbocycles. The Morgan fingerprint density at radius 1 is 0.556 bits per heavy atom. The van der Waals surface area contributed by atoms with Crippen LogP contribution in [0.3, 0.4) is 0 Å². The van der Waals surface area contributed by atoms with Crippen LogP contribution in [0.1, 0.15) is 149 Å². The molecule has 2 aliphatic rings. The van der Waals surface area contributed by atoms with E-state index >= 15 is 0 Å². The Bertz CT molecular complexity index is 5630. The summed E-state index contributed by atoms with van der Waals surface area (Å²) >= 11 is 9.19. The third-order valence-electron chi connectivity index (χ3n) is 17.8. The Labute approximate surface area is 697 Å². The van der Waals surface area contributed by atoms with Crippen LogP contribution in [0.15, 0.2) is 151 Å². The number of nitrogens with zero attached hydrogens (tertiary/aromatic N) is 10. The quantitative estimate of drug-likeness (QED) is 0.120. The maximum absolute atomic E-state index is 10.6. The second-order valence-corrected chi connectivity index (χ2v) is 34.8. The third kappa shape index (κ3) is 29.8. The molecule has 1 unspecified atom stereocenters. The second kappa shape index (κ2) is 43.5. The van der Waals surface area contributed by atoms with Gasteiger partial charge in [-0.1, -0.05) is 75.1 Å². The average Bonchev–Trinajstić information content (AvgIpc) is 1.69. The number of ether oxygens (including phenoxy) is 3. The van der Waals surface area contributed by atoms with Gasteiger partial charge in [0.1, 0.15) is 51.5 Å². The number of carbonyl (C=O) groups is 1. The number of benzene rings is 7. The smallest absolute Gasteiger partial charge is 0.335 e. The number of aromatic carboxylic acids is 1. The standard InChI is InChI=1S/C10H12N2.C9H8N2O2.C9H10N2O.C9H9NOS.C9H9NO.C9H9NS.C8H6ClNO.C8H13NO.C8H17NO.C5H7NO.C5H10O2S/c1-6-4-9-10(5-7(6)2)12-8(3)11-9;1-5-10-7-3-2-6(9(12)13)4-8(7)11-5;1-6-10-8-4-3-7(12-2)5-9(8)11-6;1-6-10-8-4-3-7(11-2)5-9(8)12-6;2*1-6-3-4-8-9(5-6)11-7(2)10-8;1-5-10-7-4-6(9)2-3-8(7)11-5;1-6-5-7(10-9-6)8(2,3)4;1-2-3-4-9-5-7-10-8-6-9;1-4-3-5(2)7-6-4;1-5-2-3-8(6,7)4-5/h4-5H,1-3H3,(H,11,12);2-4H,1H3,(H,10,11)(H,12,13);3-5H,1-2H3,(H,10,11);3-5H,1-2H3;2*3-5H,1-2H3;2-4H,1H3;5H,1-4H3;2-8H2,1H3;3H,1-2H3;5H,2-4H2,1H3. The van der Waals surface area contributed by atoms with Gasteiger partial charge in [-0.25, -0.2) is 48.1 Å². The third-order valence-corrected chi connectivity index (χ3v) is 21.9. The zero-order valence-corrected chi connectivity index (χ0v) is 74.2. The summed E-state index contributed by atoms with van der Waals surface area (Å²) in [5.41, 5.74) is 18.7. The fourth-order valence-electron chi connectivity index (χ4n) is 11.8. The largest absolute Gasteiger partial charge is 0.497 e. The number of morpholine rings is 1. The molecule has 18 rings (SSSR count). The Kier molecular flexibility index (Phi) is 34.1. The lowest BCUT2D eigenvalue weighted by molar-refractivity contribution is 0.0373. The molecule has 117 heavy (non-hydrogen) atoms. The number of carboxylic acid groups (broad SMARTS) is 1. The molecule has 2 fully saturated rings. The molecule has 0 bridgehead atoms. The number of carboxylic acids is 1. The highest BCUT2D eigenvalue weighted by molar-refractivity contribution is 7.91. The van der Waals surface area contributed by atoms with Crippen molar-refractivity contribution in [3.8, 4) is 11.5 Å². The molecule has 0 spiro atoms.